The van der Waals surface area contributed by atoms with Crippen LogP contribution < -0.4 is 5.11 Å². The van der Waals surface area contributed by atoms with Crippen LogP contribution in [0.25, 0.3) is 11.1 Å². The normalized spacial score (nSPS) is 11.6. The van der Waals surface area contributed by atoms with Crippen molar-refractivity contribution in [3.05, 3.63) is 58.7 Å². The standard InChI is InChI=1S/C19H17F5O2/c1-2-3-4-5-11-6-7-13(18(25)26)14(8-11)12-9-15(20)17(16(21)10-12)19(22,23)24/h6-10H,2-5H2,1H3,(H,25,26)/p-1. The quantitative estimate of drug-likeness (QED) is 0.543. The van der Waals surface area contributed by atoms with Crippen molar-refractivity contribution in [2.24, 2.45) is 0 Å². The van der Waals surface area contributed by atoms with Crippen molar-refractivity contribution in [3.8, 4) is 11.1 Å². The van der Waals surface area contributed by atoms with Crippen LogP contribution in [0.2, 0.25) is 0 Å². The van der Waals surface area contributed by atoms with E-state index in [2.05, 4.69) is 0 Å². The molecule has 2 rings (SSSR count). The number of aryl methyl sites for hydroxylation is 1. The number of aromatic carboxylic acids is 1. The van der Waals surface area contributed by atoms with Gasteiger partial charge < -0.3 is 9.90 Å². The Morgan fingerprint density at radius 3 is 2.15 bits per heavy atom. The molecule has 0 aliphatic heterocycles. The van der Waals surface area contributed by atoms with E-state index in [-0.39, 0.29) is 16.7 Å². The third-order valence-corrected chi connectivity index (χ3v) is 4.01. The third-order valence-electron chi connectivity index (χ3n) is 4.01. The van der Waals surface area contributed by atoms with Crippen molar-refractivity contribution < 1.29 is 31.9 Å². The first-order valence-corrected chi connectivity index (χ1v) is 8.06. The van der Waals surface area contributed by atoms with E-state index in [0.29, 0.717) is 18.6 Å². The monoisotopic (exact) mass is 371 g/mol. The predicted octanol–water partition coefficient (Wildman–Crippen LogP) is 4.75. The van der Waals surface area contributed by atoms with Crippen molar-refractivity contribution in [1.82, 2.24) is 0 Å². The summed E-state index contributed by atoms with van der Waals surface area (Å²) in [6.45, 7) is 2.01. The molecule has 2 aromatic rings. The molecule has 0 saturated carbocycles. The number of carboxylic acids is 1. The predicted molar refractivity (Wildman–Crippen MR) is 84.4 cm³/mol. The molecule has 0 N–H and O–H groups in total. The number of unbranched alkanes of at least 4 members (excludes halogenated alkanes) is 2. The average Bonchev–Trinajstić information content (AvgIpc) is 2.52. The fourth-order valence-corrected chi connectivity index (χ4v) is 2.74. The Bertz CT molecular complexity index is 789. The molecule has 0 unspecified atom stereocenters. The van der Waals surface area contributed by atoms with Crippen LogP contribution >= 0.6 is 0 Å². The zero-order valence-corrected chi connectivity index (χ0v) is 13.9. The van der Waals surface area contributed by atoms with E-state index in [1.165, 1.54) is 12.1 Å². The van der Waals surface area contributed by atoms with Crippen molar-refractivity contribution in [3.63, 3.8) is 0 Å². The molecule has 7 heteroatoms. The maximum Gasteiger partial charge on any atom is 0.422 e. The first-order chi connectivity index (χ1) is 12.1. The van der Waals surface area contributed by atoms with Crippen molar-refractivity contribution in [2.45, 2.75) is 38.8 Å². The maximum atomic E-state index is 13.9. The Kier molecular flexibility index (Phi) is 6.00. The topological polar surface area (TPSA) is 40.1 Å². The van der Waals surface area contributed by atoms with Gasteiger partial charge in [0.15, 0.2) is 0 Å². The molecule has 0 amide bonds. The van der Waals surface area contributed by atoms with Gasteiger partial charge in [-0.15, -0.1) is 0 Å². The smallest absolute Gasteiger partial charge is 0.422 e. The summed E-state index contributed by atoms with van der Waals surface area (Å²) >= 11 is 0. The van der Waals surface area contributed by atoms with Crippen LogP contribution in [0.5, 0.6) is 0 Å². The molecule has 0 aliphatic rings. The van der Waals surface area contributed by atoms with E-state index in [0.717, 1.165) is 24.8 Å². The van der Waals surface area contributed by atoms with Crippen molar-refractivity contribution >= 4 is 5.97 Å². The highest BCUT2D eigenvalue weighted by Gasteiger charge is 2.38. The molecule has 0 spiro atoms. The zero-order valence-electron chi connectivity index (χ0n) is 13.9. The van der Waals surface area contributed by atoms with Crippen molar-refractivity contribution in [2.75, 3.05) is 0 Å². The lowest BCUT2D eigenvalue weighted by Crippen LogP contribution is -2.23. The second-order valence-corrected chi connectivity index (χ2v) is 5.94. The van der Waals surface area contributed by atoms with Crippen LogP contribution in [-0.2, 0) is 12.6 Å². The number of carboxylic acid groups (broad SMARTS) is 1. The van der Waals surface area contributed by atoms with Crippen LogP contribution in [0.15, 0.2) is 30.3 Å². The fraction of sp³-hybridized carbons (Fsp3) is 0.316. The Morgan fingerprint density at radius 1 is 1.04 bits per heavy atom. The van der Waals surface area contributed by atoms with Gasteiger partial charge in [-0.1, -0.05) is 38.0 Å². The van der Waals surface area contributed by atoms with E-state index < -0.39 is 29.3 Å². The SMILES string of the molecule is CCCCCc1ccc(C(=O)[O-])c(-c2cc(F)c(C(F)(F)F)c(F)c2)c1. The van der Waals surface area contributed by atoms with Crippen LogP contribution in [0, 0.1) is 11.6 Å². The van der Waals surface area contributed by atoms with E-state index in [4.69, 9.17) is 0 Å². The lowest BCUT2D eigenvalue weighted by Gasteiger charge is -2.15. The minimum atomic E-state index is -5.19. The summed E-state index contributed by atoms with van der Waals surface area (Å²) in [5.41, 5.74) is -1.99. The maximum absolute atomic E-state index is 13.9. The molecule has 0 aliphatic carbocycles. The number of carbonyl (C=O) groups excluding carboxylic acids is 1. The molecule has 0 fully saturated rings. The van der Waals surface area contributed by atoms with Gasteiger partial charge in [0.1, 0.15) is 17.2 Å². The van der Waals surface area contributed by atoms with Gasteiger partial charge in [0.2, 0.25) is 0 Å². The lowest BCUT2D eigenvalue weighted by atomic mass is 9.94. The molecule has 26 heavy (non-hydrogen) atoms. The van der Waals surface area contributed by atoms with E-state index >= 15 is 0 Å². The third kappa shape index (κ3) is 4.39. The molecule has 0 atom stereocenters. The number of rotatable bonds is 6. The van der Waals surface area contributed by atoms with Crippen LogP contribution in [0.1, 0.15) is 47.7 Å². The van der Waals surface area contributed by atoms with Crippen LogP contribution in [0.3, 0.4) is 0 Å². The van der Waals surface area contributed by atoms with E-state index in [9.17, 15) is 31.9 Å². The summed E-state index contributed by atoms with van der Waals surface area (Å²) in [4.78, 5) is 11.3. The molecule has 0 saturated heterocycles. The molecule has 0 aromatic heterocycles. The minimum Gasteiger partial charge on any atom is -0.545 e. The number of benzene rings is 2. The summed E-state index contributed by atoms with van der Waals surface area (Å²) in [6, 6.07) is 5.19. The number of hydrogen-bond donors (Lipinski definition) is 0. The second kappa shape index (κ2) is 7.85. The van der Waals surface area contributed by atoms with Gasteiger partial charge in [-0.3, -0.25) is 0 Å². The van der Waals surface area contributed by atoms with Gasteiger partial charge in [-0.25, -0.2) is 8.78 Å². The van der Waals surface area contributed by atoms with Crippen molar-refractivity contribution in [1.29, 1.82) is 0 Å². The van der Waals surface area contributed by atoms with Crippen LogP contribution in [-0.4, -0.2) is 5.97 Å². The molecule has 140 valence electrons. The van der Waals surface area contributed by atoms with Gasteiger partial charge in [0.25, 0.3) is 0 Å². The highest BCUT2D eigenvalue weighted by molar-refractivity contribution is 5.95. The van der Waals surface area contributed by atoms with Gasteiger partial charge in [0, 0.05) is 5.56 Å². The molecule has 0 heterocycles. The van der Waals surface area contributed by atoms with Crippen LogP contribution in [0.4, 0.5) is 22.0 Å². The Hall–Kier alpha value is -2.44. The summed E-state index contributed by atoms with van der Waals surface area (Å²) in [7, 11) is 0. The fourth-order valence-electron chi connectivity index (χ4n) is 2.74. The number of halogens is 5. The minimum absolute atomic E-state index is 0.0782. The molecule has 0 radical (unpaired) electrons. The molecular formula is C19H16F5O2-. The average molecular weight is 371 g/mol. The Balaban J connectivity index is 2.55. The Morgan fingerprint density at radius 2 is 1.65 bits per heavy atom. The summed E-state index contributed by atoms with van der Waals surface area (Å²) in [5.74, 6) is -5.18. The van der Waals surface area contributed by atoms with E-state index in [1.807, 2.05) is 6.92 Å². The molecule has 2 nitrogen and oxygen atoms in total. The summed E-state index contributed by atoms with van der Waals surface area (Å²) < 4.78 is 65.8. The second-order valence-electron chi connectivity index (χ2n) is 5.94. The molecular weight excluding hydrogens is 355 g/mol. The van der Waals surface area contributed by atoms with Gasteiger partial charge in [-0.05, 0) is 41.7 Å². The first kappa shape index (κ1) is 19.9. The highest BCUT2D eigenvalue weighted by atomic mass is 19.4. The Labute approximate surface area is 147 Å². The summed E-state index contributed by atoms with van der Waals surface area (Å²) in [5, 5.41) is 11.3. The van der Waals surface area contributed by atoms with Gasteiger partial charge in [0.05, 0.1) is 5.97 Å². The highest BCUT2D eigenvalue weighted by Crippen LogP contribution is 2.36. The van der Waals surface area contributed by atoms with Gasteiger partial charge in [-0.2, -0.15) is 13.2 Å². The number of alkyl halides is 3. The zero-order chi connectivity index (χ0) is 19.5. The number of carbonyl (C=O) groups is 1. The first-order valence-electron chi connectivity index (χ1n) is 8.06. The van der Waals surface area contributed by atoms with Gasteiger partial charge >= 0.3 is 6.18 Å². The number of hydrogen-bond acceptors (Lipinski definition) is 2. The lowest BCUT2D eigenvalue weighted by molar-refractivity contribution is -0.254. The molecule has 0 bridgehead atoms. The summed E-state index contributed by atoms with van der Waals surface area (Å²) in [6.07, 6.45) is -1.83. The molecule has 2 aromatic carbocycles. The van der Waals surface area contributed by atoms with E-state index in [1.54, 1.807) is 6.07 Å². The largest absolute Gasteiger partial charge is 0.545 e.